The number of ether oxygens (including phenoxy) is 2. The number of nitrogens with zero attached hydrogens (tertiary/aromatic N) is 1. The summed E-state index contributed by atoms with van der Waals surface area (Å²) in [5.41, 5.74) is 5.52. The molecule has 0 bridgehead atoms. The summed E-state index contributed by atoms with van der Waals surface area (Å²) in [6.07, 6.45) is 1.25. The van der Waals surface area contributed by atoms with Gasteiger partial charge in [0.05, 0.1) is 7.11 Å². The van der Waals surface area contributed by atoms with Crippen LogP contribution in [0.1, 0.15) is 10.4 Å². The SMILES string of the molecule is COc1cc(C=O)cc(F)c1OCC(N)=NC=N. The molecule has 0 unspecified atom stereocenters. The predicted octanol–water partition coefficient (Wildman–Crippen LogP) is 0.990. The molecular weight excluding hydrogens is 241 g/mol. The van der Waals surface area contributed by atoms with Crippen molar-refractivity contribution in [2.24, 2.45) is 10.7 Å². The van der Waals surface area contributed by atoms with Gasteiger partial charge in [-0.1, -0.05) is 0 Å². The van der Waals surface area contributed by atoms with Gasteiger partial charge in [-0.05, 0) is 12.1 Å². The second kappa shape index (κ2) is 6.33. The molecule has 1 rings (SSSR count). The highest BCUT2D eigenvalue weighted by molar-refractivity contribution is 5.88. The molecule has 0 radical (unpaired) electrons. The van der Waals surface area contributed by atoms with Crippen LogP contribution in [0.15, 0.2) is 17.1 Å². The fourth-order valence-electron chi connectivity index (χ4n) is 1.21. The Hall–Kier alpha value is -2.44. The third-order valence-electron chi connectivity index (χ3n) is 1.98. The van der Waals surface area contributed by atoms with E-state index in [0.717, 1.165) is 12.4 Å². The van der Waals surface area contributed by atoms with Crippen molar-refractivity contribution in [1.29, 1.82) is 5.41 Å². The molecule has 0 aromatic heterocycles. The van der Waals surface area contributed by atoms with Crippen LogP contribution in [0.3, 0.4) is 0 Å². The van der Waals surface area contributed by atoms with Gasteiger partial charge in [-0.25, -0.2) is 9.38 Å². The molecule has 0 heterocycles. The fraction of sp³-hybridized carbons (Fsp3) is 0.182. The van der Waals surface area contributed by atoms with Gasteiger partial charge >= 0.3 is 0 Å². The summed E-state index contributed by atoms with van der Waals surface area (Å²) in [5, 5.41) is 6.70. The van der Waals surface area contributed by atoms with Gasteiger partial charge in [0, 0.05) is 5.56 Å². The third-order valence-corrected chi connectivity index (χ3v) is 1.98. The van der Waals surface area contributed by atoms with Crippen LogP contribution in [0.2, 0.25) is 0 Å². The van der Waals surface area contributed by atoms with Gasteiger partial charge in [-0.3, -0.25) is 10.2 Å². The van der Waals surface area contributed by atoms with E-state index >= 15 is 0 Å². The summed E-state index contributed by atoms with van der Waals surface area (Å²) >= 11 is 0. The molecule has 1 aromatic carbocycles. The maximum Gasteiger partial charge on any atom is 0.197 e. The second-order valence-electron chi connectivity index (χ2n) is 3.19. The zero-order chi connectivity index (χ0) is 13.5. The number of methoxy groups -OCH3 is 1. The molecule has 0 aliphatic carbocycles. The topological polar surface area (TPSA) is 97.8 Å². The number of amidine groups is 1. The van der Waals surface area contributed by atoms with E-state index < -0.39 is 5.82 Å². The maximum absolute atomic E-state index is 13.6. The van der Waals surface area contributed by atoms with Crippen LogP contribution < -0.4 is 15.2 Å². The molecule has 6 nitrogen and oxygen atoms in total. The molecule has 0 amide bonds. The van der Waals surface area contributed by atoms with Crippen molar-refractivity contribution in [1.82, 2.24) is 0 Å². The van der Waals surface area contributed by atoms with Crippen LogP contribution in [0, 0.1) is 11.2 Å². The Labute approximate surface area is 103 Å². The Balaban J connectivity index is 2.97. The number of carbonyl (C=O) groups excluding carboxylic acids is 1. The Kier molecular flexibility index (Phi) is 4.79. The Morgan fingerprint density at radius 1 is 1.61 bits per heavy atom. The highest BCUT2D eigenvalue weighted by atomic mass is 19.1. The van der Waals surface area contributed by atoms with E-state index in [1.807, 2.05) is 0 Å². The average molecular weight is 253 g/mol. The van der Waals surface area contributed by atoms with E-state index in [1.165, 1.54) is 13.2 Å². The molecule has 1 aromatic rings. The minimum Gasteiger partial charge on any atom is -0.493 e. The van der Waals surface area contributed by atoms with E-state index in [2.05, 4.69) is 4.99 Å². The van der Waals surface area contributed by atoms with Crippen molar-refractivity contribution in [2.45, 2.75) is 0 Å². The smallest absolute Gasteiger partial charge is 0.197 e. The molecule has 0 saturated carbocycles. The second-order valence-corrected chi connectivity index (χ2v) is 3.19. The summed E-state index contributed by atoms with van der Waals surface area (Å²) in [4.78, 5) is 14.0. The zero-order valence-electron chi connectivity index (χ0n) is 9.64. The molecule has 3 N–H and O–H groups in total. The third kappa shape index (κ3) is 3.27. The van der Waals surface area contributed by atoms with Gasteiger partial charge in [-0.2, -0.15) is 0 Å². The van der Waals surface area contributed by atoms with Gasteiger partial charge in [0.2, 0.25) is 0 Å². The summed E-state index contributed by atoms with van der Waals surface area (Å²) in [7, 11) is 1.32. The van der Waals surface area contributed by atoms with E-state index in [4.69, 9.17) is 20.6 Å². The summed E-state index contributed by atoms with van der Waals surface area (Å²) in [6.45, 7) is -0.191. The number of rotatable bonds is 6. The number of carbonyl (C=O) groups is 1. The van der Waals surface area contributed by atoms with Crippen LogP contribution in [-0.2, 0) is 0 Å². The first-order chi connectivity index (χ1) is 8.62. The number of nitrogens with one attached hydrogen (secondary N) is 1. The molecule has 0 aliphatic heterocycles. The van der Waals surface area contributed by atoms with Crippen molar-refractivity contribution in [3.8, 4) is 11.5 Å². The Morgan fingerprint density at radius 3 is 2.89 bits per heavy atom. The number of nitrogens with two attached hydrogens (primary N) is 1. The fourth-order valence-corrected chi connectivity index (χ4v) is 1.21. The molecule has 0 saturated heterocycles. The van der Waals surface area contributed by atoms with E-state index in [-0.39, 0.29) is 29.5 Å². The first kappa shape index (κ1) is 13.6. The van der Waals surface area contributed by atoms with Crippen LogP contribution in [0.25, 0.3) is 0 Å². The van der Waals surface area contributed by atoms with Crippen molar-refractivity contribution in [3.05, 3.63) is 23.5 Å². The summed E-state index contributed by atoms with van der Waals surface area (Å²) in [6, 6.07) is 2.37. The number of hydrogen-bond donors (Lipinski definition) is 2. The Morgan fingerprint density at radius 2 is 2.33 bits per heavy atom. The van der Waals surface area contributed by atoms with Crippen molar-refractivity contribution >= 4 is 18.5 Å². The lowest BCUT2D eigenvalue weighted by Crippen LogP contribution is -2.21. The van der Waals surface area contributed by atoms with Gasteiger partial charge in [0.15, 0.2) is 17.3 Å². The monoisotopic (exact) mass is 253 g/mol. The van der Waals surface area contributed by atoms with Crippen LogP contribution in [0.4, 0.5) is 4.39 Å². The summed E-state index contributed by atoms with van der Waals surface area (Å²) < 4.78 is 23.6. The van der Waals surface area contributed by atoms with Crippen molar-refractivity contribution < 1.29 is 18.7 Å². The van der Waals surface area contributed by atoms with Gasteiger partial charge < -0.3 is 15.2 Å². The standard InChI is InChI=1S/C11H12FN3O3/c1-17-9-3-7(4-16)2-8(12)11(9)18-5-10(14)15-6-13/h2-4,6H,5H2,1H3,(H3,13,14,15). The predicted molar refractivity (Wildman–Crippen MR) is 64.2 cm³/mol. The molecule has 0 aliphatic rings. The number of aldehydes is 1. The van der Waals surface area contributed by atoms with E-state index in [0.29, 0.717) is 6.29 Å². The maximum atomic E-state index is 13.6. The Bertz CT molecular complexity index is 489. The lowest BCUT2D eigenvalue weighted by atomic mass is 10.2. The quantitative estimate of drug-likeness (QED) is 0.448. The van der Waals surface area contributed by atoms with Crippen molar-refractivity contribution in [3.63, 3.8) is 0 Å². The number of benzene rings is 1. The minimum atomic E-state index is -0.737. The number of aliphatic imine (C=N–C) groups is 1. The van der Waals surface area contributed by atoms with Crippen molar-refractivity contribution in [2.75, 3.05) is 13.7 Å². The van der Waals surface area contributed by atoms with Crippen LogP contribution >= 0.6 is 0 Å². The molecule has 96 valence electrons. The first-order valence-corrected chi connectivity index (χ1v) is 4.89. The highest BCUT2D eigenvalue weighted by Gasteiger charge is 2.13. The molecule has 18 heavy (non-hydrogen) atoms. The molecule has 7 heteroatoms. The lowest BCUT2D eigenvalue weighted by Gasteiger charge is -2.11. The van der Waals surface area contributed by atoms with Gasteiger partial charge in [0.1, 0.15) is 25.1 Å². The first-order valence-electron chi connectivity index (χ1n) is 4.89. The number of halogens is 1. The summed E-state index contributed by atoms with van der Waals surface area (Å²) in [5.74, 6) is -0.795. The normalized spacial score (nSPS) is 10.9. The molecule has 0 fully saturated rings. The molecule has 0 atom stereocenters. The molecule has 0 spiro atoms. The zero-order valence-corrected chi connectivity index (χ0v) is 9.64. The minimum absolute atomic E-state index is 0.0194. The average Bonchev–Trinajstić information content (AvgIpc) is 2.36. The van der Waals surface area contributed by atoms with Gasteiger partial charge in [-0.15, -0.1) is 0 Å². The van der Waals surface area contributed by atoms with E-state index in [9.17, 15) is 9.18 Å². The lowest BCUT2D eigenvalue weighted by molar-refractivity contribution is 0.112. The van der Waals surface area contributed by atoms with Crippen LogP contribution in [-0.4, -0.2) is 32.2 Å². The largest absolute Gasteiger partial charge is 0.493 e. The molecular formula is C11H12FN3O3. The van der Waals surface area contributed by atoms with E-state index in [1.54, 1.807) is 0 Å². The number of hydrogen-bond acceptors (Lipinski definition) is 4. The highest BCUT2D eigenvalue weighted by Crippen LogP contribution is 2.31. The van der Waals surface area contributed by atoms with Gasteiger partial charge in [0.25, 0.3) is 0 Å². The van der Waals surface area contributed by atoms with Crippen LogP contribution in [0.5, 0.6) is 11.5 Å².